The van der Waals surface area contributed by atoms with Crippen LogP contribution in [0.4, 0.5) is 11.4 Å². The van der Waals surface area contributed by atoms with Crippen molar-refractivity contribution in [1.29, 1.82) is 0 Å². The second-order valence-corrected chi connectivity index (χ2v) is 5.63. The van der Waals surface area contributed by atoms with Crippen LogP contribution in [0.1, 0.15) is 13.3 Å². The van der Waals surface area contributed by atoms with Gasteiger partial charge in [0, 0.05) is 18.3 Å². The molecule has 102 valence electrons. The number of benzene rings is 1. The third-order valence-corrected chi connectivity index (χ3v) is 2.96. The Morgan fingerprint density at radius 1 is 1.39 bits per heavy atom. The number of nitrogen functional groups attached to an aromatic ring is 1. The predicted molar refractivity (Wildman–Crippen MR) is 73.1 cm³/mol. The summed E-state index contributed by atoms with van der Waals surface area (Å²) in [7, 11) is -3.45. The molecule has 0 fully saturated rings. The number of anilines is 2. The molecule has 5 N–H and O–H groups in total. The van der Waals surface area contributed by atoms with Crippen molar-refractivity contribution >= 4 is 21.4 Å². The largest absolute Gasteiger partial charge is 0.491 e. The van der Waals surface area contributed by atoms with Crippen molar-refractivity contribution < 1.29 is 13.2 Å². The Bertz CT molecular complexity index is 488. The maximum Gasteiger partial charge on any atom is 0.210 e. The topological polar surface area (TPSA) is 107 Å². The van der Waals surface area contributed by atoms with E-state index in [0.29, 0.717) is 18.0 Å². The Morgan fingerprint density at radius 3 is 2.72 bits per heavy atom. The number of nitrogens with two attached hydrogens (primary N) is 2. The van der Waals surface area contributed by atoms with Crippen molar-refractivity contribution in [3.63, 3.8) is 0 Å². The van der Waals surface area contributed by atoms with E-state index in [2.05, 4.69) is 5.32 Å². The van der Waals surface area contributed by atoms with E-state index in [1.54, 1.807) is 18.2 Å². The van der Waals surface area contributed by atoms with Crippen molar-refractivity contribution in [2.75, 3.05) is 30.0 Å². The van der Waals surface area contributed by atoms with Gasteiger partial charge in [-0.1, -0.05) is 6.92 Å². The van der Waals surface area contributed by atoms with Gasteiger partial charge >= 0.3 is 0 Å². The maximum absolute atomic E-state index is 10.8. The second-order valence-electron chi connectivity index (χ2n) is 3.89. The summed E-state index contributed by atoms with van der Waals surface area (Å²) < 4.78 is 27.0. The van der Waals surface area contributed by atoms with Gasteiger partial charge < -0.3 is 15.8 Å². The van der Waals surface area contributed by atoms with Crippen molar-refractivity contribution in [2.45, 2.75) is 13.3 Å². The van der Waals surface area contributed by atoms with E-state index in [1.165, 1.54) is 0 Å². The van der Waals surface area contributed by atoms with Gasteiger partial charge in [-0.05, 0) is 18.6 Å². The van der Waals surface area contributed by atoms with Gasteiger partial charge in [0.05, 0.1) is 18.0 Å². The van der Waals surface area contributed by atoms with Gasteiger partial charge in [-0.2, -0.15) is 0 Å². The first-order valence-corrected chi connectivity index (χ1v) is 7.40. The lowest BCUT2D eigenvalue weighted by molar-refractivity contribution is 0.319. The Hall–Kier alpha value is -1.47. The van der Waals surface area contributed by atoms with Crippen molar-refractivity contribution in [1.82, 2.24) is 0 Å². The van der Waals surface area contributed by atoms with Gasteiger partial charge in [0.1, 0.15) is 5.75 Å². The Labute approximate surface area is 107 Å². The zero-order valence-corrected chi connectivity index (χ0v) is 11.2. The molecular formula is C11H19N3O3S. The molecule has 0 aliphatic carbocycles. The molecule has 7 heteroatoms. The number of sulfonamides is 1. The smallest absolute Gasteiger partial charge is 0.210 e. The normalized spacial score (nSPS) is 11.2. The molecule has 0 bridgehead atoms. The van der Waals surface area contributed by atoms with Gasteiger partial charge in [-0.25, -0.2) is 13.6 Å². The molecular weight excluding hydrogens is 254 g/mol. The lowest BCUT2D eigenvalue weighted by Crippen LogP contribution is -2.22. The summed E-state index contributed by atoms with van der Waals surface area (Å²) >= 11 is 0. The molecule has 0 atom stereocenters. The van der Waals surface area contributed by atoms with E-state index >= 15 is 0 Å². The highest BCUT2D eigenvalue weighted by atomic mass is 32.2. The Balaban J connectivity index is 2.61. The highest BCUT2D eigenvalue weighted by molar-refractivity contribution is 7.89. The highest BCUT2D eigenvalue weighted by Gasteiger charge is 2.04. The van der Waals surface area contributed by atoms with Crippen LogP contribution in [0, 0.1) is 0 Å². The fourth-order valence-electron chi connectivity index (χ4n) is 1.32. The Kier molecular flexibility index (Phi) is 5.24. The van der Waals surface area contributed by atoms with E-state index in [0.717, 1.165) is 12.1 Å². The molecule has 0 heterocycles. The fourth-order valence-corrected chi connectivity index (χ4v) is 1.71. The zero-order valence-electron chi connectivity index (χ0n) is 10.3. The minimum Gasteiger partial charge on any atom is -0.491 e. The van der Waals surface area contributed by atoms with E-state index in [4.69, 9.17) is 15.6 Å². The van der Waals surface area contributed by atoms with Crippen LogP contribution in [0.3, 0.4) is 0 Å². The van der Waals surface area contributed by atoms with E-state index in [1.807, 2.05) is 6.92 Å². The minimum absolute atomic E-state index is 0.122. The third-order valence-electron chi connectivity index (χ3n) is 2.19. The molecule has 0 radical (unpaired) electrons. The van der Waals surface area contributed by atoms with E-state index in [-0.39, 0.29) is 12.3 Å². The van der Waals surface area contributed by atoms with Gasteiger partial charge in [-0.3, -0.25) is 0 Å². The molecule has 1 aromatic carbocycles. The van der Waals surface area contributed by atoms with E-state index < -0.39 is 10.0 Å². The van der Waals surface area contributed by atoms with E-state index in [9.17, 15) is 8.42 Å². The molecule has 0 aromatic heterocycles. The first kappa shape index (κ1) is 14.6. The molecule has 0 spiro atoms. The lowest BCUT2D eigenvalue weighted by Gasteiger charge is -2.11. The van der Waals surface area contributed by atoms with Crippen LogP contribution in [0.5, 0.6) is 5.75 Å². The molecule has 0 saturated heterocycles. The Morgan fingerprint density at radius 2 is 2.11 bits per heavy atom. The number of primary sulfonamides is 1. The summed E-state index contributed by atoms with van der Waals surface area (Å²) in [6, 6.07) is 5.22. The molecule has 0 amide bonds. The molecule has 1 rings (SSSR count). The lowest BCUT2D eigenvalue weighted by atomic mass is 10.2. The summed E-state index contributed by atoms with van der Waals surface area (Å²) in [5.41, 5.74) is 7.06. The number of hydrogen-bond acceptors (Lipinski definition) is 5. The summed E-state index contributed by atoms with van der Waals surface area (Å²) in [5.74, 6) is 0.472. The van der Waals surface area contributed by atoms with Gasteiger partial charge in [0.25, 0.3) is 0 Å². The molecule has 0 aliphatic rings. The van der Waals surface area contributed by atoms with Gasteiger partial charge in [0.15, 0.2) is 0 Å². The predicted octanol–water partition coefficient (Wildman–Crippen LogP) is 0.758. The summed E-state index contributed by atoms with van der Waals surface area (Å²) in [5, 5.41) is 7.86. The van der Waals surface area contributed by atoms with Crippen LogP contribution in [0.2, 0.25) is 0 Å². The van der Waals surface area contributed by atoms with Crippen LogP contribution in [-0.2, 0) is 10.0 Å². The quantitative estimate of drug-likeness (QED) is 0.636. The first-order valence-electron chi connectivity index (χ1n) is 5.69. The third kappa shape index (κ3) is 5.24. The maximum atomic E-state index is 10.8. The number of ether oxygens (including phenoxy) is 1. The molecule has 0 unspecified atom stereocenters. The zero-order chi connectivity index (χ0) is 13.6. The molecule has 18 heavy (non-hydrogen) atoms. The number of hydrogen-bond donors (Lipinski definition) is 3. The van der Waals surface area contributed by atoms with Gasteiger partial charge in [-0.15, -0.1) is 0 Å². The molecule has 0 aliphatic heterocycles. The van der Waals surface area contributed by atoms with Crippen molar-refractivity contribution in [3.8, 4) is 5.75 Å². The molecule has 6 nitrogen and oxygen atoms in total. The monoisotopic (exact) mass is 273 g/mol. The molecule has 1 aromatic rings. The van der Waals surface area contributed by atoms with Crippen LogP contribution >= 0.6 is 0 Å². The van der Waals surface area contributed by atoms with Crippen LogP contribution in [0.25, 0.3) is 0 Å². The summed E-state index contributed by atoms with van der Waals surface area (Å²) in [6.45, 7) is 2.84. The van der Waals surface area contributed by atoms with Crippen molar-refractivity contribution in [3.05, 3.63) is 18.2 Å². The van der Waals surface area contributed by atoms with Crippen molar-refractivity contribution in [2.24, 2.45) is 5.14 Å². The average Bonchev–Trinajstić information content (AvgIpc) is 2.28. The standard InChI is InChI=1S/C11H19N3O3S/c1-2-6-17-11-8-9(3-4-10(11)12)14-5-7-18(13,15)16/h3-4,8,14H,2,5-7,12H2,1H3,(H2,13,15,16). The van der Waals surface area contributed by atoms with Gasteiger partial charge in [0.2, 0.25) is 10.0 Å². The summed E-state index contributed by atoms with van der Waals surface area (Å²) in [4.78, 5) is 0. The number of nitrogens with one attached hydrogen (secondary N) is 1. The fraction of sp³-hybridized carbons (Fsp3) is 0.455. The van der Waals surface area contributed by atoms with Crippen LogP contribution in [-0.4, -0.2) is 27.3 Å². The van der Waals surface area contributed by atoms with Crippen LogP contribution in [0.15, 0.2) is 18.2 Å². The minimum atomic E-state index is -3.45. The SMILES string of the molecule is CCCOc1cc(NCCS(N)(=O)=O)ccc1N. The average molecular weight is 273 g/mol. The first-order chi connectivity index (χ1) is 8.42. The summed E-state index contributed by atoms with van der Waals surface area (Å²) in [6.07, 6.45) is 0.891. The van der Waals surface area contributed by atoms with Crippen LogP contribution < -0.4 is 20.9 Å². The highest BCUT2D eigenvalue weighted by Crippen LogP contribution is 2.25. The number of rotatable bonds is 7. The second kappa shape index (κ2) is 6.46. The molecule has 0 saturated carbocycles.